The fraction of sp³-hybridized carbons (Fsp3) is 0.562. The summed E-state index contributed by atoms with van der Waals surface area (Å²) >= 11 is 0. The summed E-state index contributed by atoms with van der Waals surface area (Å²) < 4.78 is 17.3. The van der Waals surface area contributed by atoms with Gasteiger partial charge in [-0.2, -0.15) is 4.80 Å². The lowest BCUT2D eigenvalue weighted by Gasteiger charge is -2.13. The minimum Gasteiger partial charge on any atom is -0.493 e. The van der Waals surface area contributed by atoms with Crippen LogP contribution in [0.1, 0.15) is 35.9 Å². The van der Waals surface area contributed by atoms with Crippen LogP contribution in [0.15, 0.2) is 18.2 Å². The summed E-state index contributed by atoms with van der Waals surface area (Å²) in [6, 6.07) is 6.16. The molecule has 7 nitrogen and oxygen atoms in total. The van der Waals surface area contributed by atoms with Crippen molar-refractivity contribution in [2.24, 2.45) is 7.05 Å². The molecule has 1 aliphatic heterocycles. The van der Waals surface area contributed by atoms with E-state index in [1.807, 2.05) is 6.07 Å². The molecule has 2 atom stereocenters. The lowest BCUT2D eigenvalue weighted by atomic mass is 10.1. The Hall–Kier alpha value is -1.99. The molecule has 2 aromatic rings. The fourth-order valence-electron chi connectivity index (χ4n) is 2.62. The Kier molecular flexibility index (Phi) is 4.88. The van der Waals surface area contributed by atoms with Crippen LogP contribution in [0.3, 0.4) is 0 Å². The van der Waals surface area contributed by atoms with Crippen molar-refractivity contribution in [3.8, 4) is 5.75 Å². The highest BCUT2D eigenvalue weighted by molar-refractivity contribution is 5.39. The van der Waals surface area contributed by atoms with Crippen molar-refractivity contribution >= 4 is 0 Å². The Morgan fingerprint density at radius 3 is 2.78 bits per heavy atom. The first-order valence-electron chi connectivity index (χ1n) is 7.83. The molecule has 2 heterocycles. The maximum Gasteiger partial charge on any atom is 0.205 e. The average molecular weight is 318 g/mol. The molecule has 1 fully saturated rings. The van der Waals surface area contributed by atoms with Crippen LogP contribution >= 0.6 is 0 Å². The maximum absolute atomic E-state index is 5.89. The number of aromatic nitrogens is 4. The van der Waals surface area contributed by atoms with E-state index in [1.165, 1.54) is 4.80 Å². The quantitative estimate of drug-likeness (QED) is 0.760. The third kappa shape index (κ3) is 3.86. The molecule has 7 heteroatoms. The zero-order valence-electron chi connectivity index (χ0n) is 13.7. The first kappa shape index (κ1) is 15.9. The third-order valence-electron chi connectivity index (χ3n) is 3.80. The molecule has 3 rings (SSSR count). The summed E-state index contributed by atoms with van der Waals surface area (Å²) in [7, 11) is 1.73. The smallest absolute Gasteiger partial charge is 0.205 e. The predicted molar refractivity (Wildman–Crippen MR) is 83.0 cm³/mol. The summed E-state index contributed by atoms with van der Waals surface area (Å²) in [6.07, 6.45) is 1.18. The molecule has 0 saturated carbocycles. The molecule has 1 saturated heterocycles. The van der Waals surface area contributed by atoms with Gasteiger partial charge in [-0.05, 0) is 36.6 Å². The number of ether oxygens (including phenoxy) is 3. The minimum absolute atomic E-state index is 0.228. The summed E-state index contributed by atoms with van der Waals surface area (Å²) in [5.74, 6) is 1.55. The van der Waals surface area contributed by atoms with E-state index in [2.05, 4.69) is 41.4 Å². The van der Waals surface area contributed by atoms with Crippen LogP contribution in [-0.2, 0) is 16.5 Å². The average Bonchev–Trinajstić information content (AvgIpc) is 3.15. The Balaban J connectivity index is 1.42. The highest BCUT2D eigenvalue weighted by Crippen LogP contribution is 2.26. The molecule has 1 aromatic heterocycles. The van der Waals surface area contributed by atoms with E-state index >= 15 is 0 Å². The van der Waals surface area contributed by atoms with Crippen LogP contribution in [0.4, 0.5) is 0 Å². The van der Waals surface area contributed by atoms with Crippen molar-refractivity contribution in [3.05, 3.63) is 35.2 Å². The monoisotopic (exact) mass is 318 g/mol. The second kappa shape index (κ2) is 7.06. The standard InChI is InChI=1S/C16H22N4O3/c1-11-6-4-7-12(2)15(11)21-9-5-8-14-22-10-13(23-14)16-17-19-20(3)18-16/h4,6-7,13-14H,5,8-10H2,1-3H3. The molecule has 23 heavy (non-hydrogen) atoms. The van der Waals surface area contributed by atoms with Crippen LogP contribution in [0.25, 0.3) is 0 Å². The normalized spacial score (nSPS) is 20.8. The second-order valence-electron chi connectivity index (χ2n) is 5.74. The Labute approximate surface area is 135 Å². The van der Waals surface area contributed by atoms with Gasteiger partial charge in [0.2, 0.25) is 5.82 Å². The van der Waals surface area contributed by atoms with E-state index in [0.717, 1.165) is 29.7 Å². The van der Waals surface area contributed by atoms with Crippen LogP contribution in [0.2, 0.25) is 0 Å². The van der Waals surface area contributed by atoms with Gasteiger partial charge in [0.1, 0.15) is 11.9 Å². The summed E-state index contributed by atoms with van der Waals surface area (Å²) in [5.41, 5.74) is 2.32. The summed E-state index contributed by atoms with van der Waals surface area (Å²) in [4.78, 5) is 1.42. The van der Waals surface area contributed by atoms with Crippen LogP contribution < -0.4 is 4.74 Å². The minimum atomic E-state index is -0.231. The molecule has 1 aromatic carbocycles. The van der Waals surface area contributed by atoms with E-state index in [0.29, 0.717) is 19.0 Å². The van der Waals surface area contributed by atoms with Crippen LogP contribution in [-0.4, -0.2) is 39.7 Å². The van der Waals surface area contributed by atoms with E-state index in [4.69, 9.17) is 14.2 Å². The molecule has 0 aliphatic carbocycles. The first-order chi connectivity index (χ1) is 11.1. The molecular weight excluding hydrogens is 296 g/mol. The van der Waals surface area contributed by atoms with Gasteiger partial charge >= 0.3 is 0 Å². The lowest BCUT2D eigenvalue weighted by molar-refractivity contribution is -0.0661. The fourth-order valence-corrected chi connectivity index (χ4v) is 2.62. The molecule has 0 spiro atoms. The van der Waals surface area contributed by atoms with Crippen LogP contribution in [0, 0.1) is 13.8 Å². The van der Waals surface area contributed by atoms with Crippen molar-refractivity contribution < 1.29 is 14.2 Å². The van der Waals surface area contributed by atoms with E-state index < -0.39 is 0 Å². The highest BCUT2D eigenvalue weighted by atomic mass is 16.7. The van der Waals surface area contributed by atoms with Gasteiger partial charge in [0.25, 0.3) is 0 Å². The van der Waals surface area contributed by atoms with Crippen molar-refractivity contribution in [3.63, 3.8) is 0 Å². The molecule has 1 aliphatic rings. The predicted octanol–water partition coefficient (Wildman–Crippen LogP) is 2.10. The Morgan fingerprint density at radius 1 is 1.30 bits per heavy atom. The van der Waals surface area contributed by atoms with Crippen LogP contribution in [0.5, 0.6) is 5.75 Å². The van der Waals surface area contributed by atoms with E-state index in [9.17, 15) is 0 Å². The van der Waals surface area contributed by atoms with Gasteiger partial charge in [0, 0.05) is 6.42 Å². The van der Waals surface area contributed by atoms with Crippen molar-refractivity contribution in [2.75, 3.05) is 13.2 Å². The van der Waals surface area contributed by atoms with E-state index in [1.54, 1.807) is 7.05 Å². The van der Waals surface area contributed by atoms with Gasteiger partial charge in [-0.3, -0.25) is 0 Å². The molecule has 0 amide bonds. The first-order valence-corrected chi connectivity index (χ1v) is 7.83. The van der Waals surface area contributed by atoms with Crippen molar-refractivity contribution in [2.45, 2.75) is 39.1 Å². The Bertz CT molecular complexity index is 638. The Morgan fingerprint density at radius 2 is 2.09 bits per heavy atom. The molecule has 0 radical (unpaired) electrons. The number of para-hydroxylation sites is 1. The number of aryl methyl sites for hydroxylation is 3. The van der Waals surface area contributed by atoms with Crippen molar-refractivity contribution in [1.82, 2.24) is 20.2 Å². The molecule has 0 N–H and O–H groups in total. The summed E-state index contributed by atoms with van der Waals surface area (Å²) in [5, 5.41) is 11.9. The molecular formula is C16H22N4O3. The second-order valence-corrected chi connectivity index (χ2v) is 5.74. The highest BCUT2D eigenvalue weighted by Gasteiger charge is 2.30. The topological polar surface area (TPSA) is 71.3 Å². The number of hydrogen-bond acceptors (Lipinski definition) is 6. The van der Waals surface area contributed by atoms with Gasteiger partial charge < -0.3 is 14.2 Å². The largest absolute Gasteiger partial charge is 0.493 e. The number of tetrazole rings is 1. The number of rotatable bonds is 6. The molecule has 0 bridgehead atoms. The maximum atomic E-state index is 5.89. The zero-order chi connectivity index (χ0) is 16.2. The van der Waals surface area contributed by atoms with Gasteiger partial charge in [-0.15, -0.1) is 10.2 Å². The molecule has 124 valence electrons. The lowest BCUT2D eigenvalue weighted by Crippen LogP contribution is -2.11. The number of nitrogens with zero attached hydrogens (tertiary/aromatic N) is 4. The van der Waals surface area contributed by atoms with E-state index in [-0.39, 0.29) is 12.4 Å². The molecule has 2 unspecified atom stereocenters. The summed E-state index contributed by atoms with van der Waals surface area (Å²) in [6.45, 7) is 5.23. The third-order valence-corrected chi connectivity index (χ3v) is 3.80. The number of hydrogen-bond donors (Lipinski definition) is 0. The van der Waals surface area contributed by atoms with Crippen molar-refractivity contribution in [1.29, 1.82) is 0 Å². The number of benzene rings is 1. The van der Waals surface area contributed by atoms with Gasteiger partial charge in [-0.1, -0.05) is 18.2 Å². The van der Waals surface area contributed by atoms with Gasteiger partial charge in [-0.25, -0.2) is 0 Å². The SMILES string of the molecule is Cc1cccc(C)c1OCCCC1OCC(c2nnn(C)n2)O1. The zero-order valence-corrected chi connectivity index (χ0v) is 13.7. The van der Waals surface area contributed by atoms with Gasteiger partial charge in [0.05, 0.1) is 20.3 Å². The van der Waals surface area contributed by atoms with Gasteiger partial charge in [0.15, 0.2) is 6.29 Å².